The fraction of sp³-hybridized carbons (Fsp3) is 0.875. The molecule has 2 aliphatic rings. The lowest BCUT2D eigenvalue weighted by molar-refractivity contribution is -0.140. The summed E-state index contributed by atoms with van der Waals surface area (Å²) in [4.78, 5) is 35.3. The molecular weight excluding hydrogens is 517 g/mol. The van der Waals surface area contributed by atoms with Crippen LogP contribution >= 0.6 is 24.0 Å². The number of hydrogen-bond donors (Lipinski definition) is 1. The van der Waals surface area contributed by atoms with Crippen LogP contribution in [0.15, 0.2) is 4.99 Å². The average Bonchev–Trinajstić information content (AvgIpc) is 2.71. The van der Waals surface area contributed by atoms with E-state index in [1.807, 2.05) is 16.8 Å². The van der Waals surface area contributed by atoms with Gasteiger partial charge in [-0.1, -0.05) is 34.1 Å². The van der Waals surface area contributed by atoms with Crippen LogP contribution in [0.25, 0.3) is 0 Å². The van der Waals surface area contributed by atoms with Crippen molar-refractivity contribution >= 4 is 41.8 Å². The molecule has 0 saturated carbocycles. The van der Waals surface area contributed by atoms with Gasteiger partial charge in [0.25, 0.3) is 0 Å². The highest BCUT2D eigenvalue weighted by atomic mass is 127. The van der Waals surface area contributed by atoms with Gasteiger partial charge in [0.15, 0.2) is 5.96 Å². The molecule has 2 rings (SSSR count). The molecule has 0 radical (unpaired) electrons. The monoisotopic (exact) mass is 563 g/mol. The van der Waals surface area contributed by atoms with Gasteiger partial charge in [0.1, 0.15) is 0 Å². The molecule has 32 heavy (non-hydrogen) atoms. The summed E-state index contributed by atoms with van der Waals surface area (Å²) in [6.45, 7) is 17.9. The Bertz CT molecular complexity index is 655. The maximum atomic E-state index is 12.5. The fourth-order valence-electron chi connectivity index (χ4n) is 4.32. The standard InChI is InChI=1S/C24H45N5O2.HI/c1-19(2)17-21(31)28-15-13-27(14-16-28)20(30)11-9-8-10-12-26-22(25-7)29-18-23(3,4)24(29,5)6;/h19H,8-18H2,1-7H3,(H,25,26);1H. The Morgan fingerprint density at radius 2 is 1.50 bits per heavy atom. The van der Waals surface area contributed by atoms with Gasteiger partial charge in [-0.25, -0.2) is 0 Å². The lowest BCUT2D eigenvalue weighted by Gasteiger charge is -2.62. The number of likely N-dealkylation sites (tertiary alicyclic amines) is 1. The third kappa shape index (κ3) is 7.22. The lowest BCUT2D eigenvalue weighted by Crippen LogP contribution is -2.72. The minimum Gasteiger partial charge on any atom is -0.356 e. The maximum Gasteiger partial charge on any atom is 0.222 e. The number of nitrogens with one attached hydrogen (secondary N) is 1. The van der Waals surface area contributed by atoms with Crippen LogP contribution in [0.5, 0.6) is 0 Å². The number of amides is 2. The van der Waals surface area contributed by atoms with Crippen molar-refractivity contribution in [1.82, 2.24) is 20.0 Å². The van der Waals surface area contributed by atoms with Crippen LogP contribution in [0.3, 0.4) is 0 Å². The molecular formula is C24H46IN5O2. The van der Waals surface area contributed by atoms with E-state index in [9.17, 15) is 9.59 Å². The first-order chi connectivity index (χ1) is 14.5. The van der Waals surface area contributed by atoms with Crippen molar-refractivity contribution in [3.05, 3.63) is 0 Å². The Hall–Kier alpha value is -1.06. The van der Waals surface area contributed by atoms with E-state index in [0.29, 0.717) is 44.9 Å². The van der Waals surface area contributed by atoms with Crippen molar-refractivity contribution in [3.63, 3.8) is 0 Å². The van der Waals surface area contributed by atoms with Gasteiger partial charge in [-0.15, -0.1) is 24.0 Å². The van der Waals surface area contributed by atoms with Gasteiger partial charge >= 0.3 is 0 Å². The molecule has 1 N–H and O–H groups in total. The number of guanidine groups is 1. The highest BCUT2D eigenvalue weighted by Crippen LogP contribution is 2.46. The zero-order valence-corrected chi connectivity index (χ0v) is 23.7. The average molecular weight is 564 g/mol. The highest BCUT2D eigenvalue weighted by molar-refractivity contribution is 14.0. The van der Waals surface area contributed by atoms with E-state index in [1.54, 1.807) is 0 Å². The van der Waals surface area contributed by atoms with Crippen LogP contribution in [-0.2, 0) is 9.59 Å². The second-order valence-electron chi connectivity index (χ2n) is 10.7. The molecule has 0 unspecified atom stereocenters. The fourth-order valence-corrected chi connectivity index (χ4v) is 4.32. The minimum absolute atomic E-state index is 0. The second kappa shape index (κ2) is 12.4. The van der Waals surface area contributed by atoms with E-state index in [-0.39, 0.29) is 46.7 Å². The molecule has 0 aromatic carbocycles. The first kappa shape index (κ1) is 29.0. The third-order valence-electron chi connectivity index (χ3n) is 7.27. The van der Waals surface area contributed by atoms with Gasteiger partial charge in [-0.3, -0.25) is 14.6 Å². The molecule has 7 nitrogen and oxygen atoms in total. The molecule has 0 aromatic heterocycles. The van der Waals surface area contributed by atoms with Crippen molar-refractivity contribution in [1.29, 1.82) is 0 Å². The number of piperazine rings is 1. The number of nitrogens with zero attached hydrogens (tertiary/aromatic N) is 4. The lowest BCUT2D eigenvalue weighted by atomic mass is 9.65. The Labute approximate surface area is 212 Å². The van der Waals surface area contributed by atoms with Crippen LogP contribution in [0.1, 0.15) is 73.6 Å². The van der Waals surface area contributed by atoms with Crippen molar-refractivity contribution < 1.29 is 9.59 Å². The molecule has 2 saturated heterocycles. The number of carbonyl (C=O) groups excluding carboxylic acids is 2. The van der Waals surface area contributed by atoms with Gasteiger partial charge in [0.05, 0.1) is 0 Å². The van der Waals surface area contributed by atoms with Gasteiger partial charge in [0.2, 0.25) is 11.8 Å². The van der Waals surface area contributed by atoms with Crippen LogP contribution < -0.4 is 5.32 Å². The second-order valence-corrected chi connectivity index (χ2v) is 10.7. The highest BCUT2D eigenvalue weighted by Gasteiger charge is 2.53. The normalized spacial score (nSPS) is 20.0. The van der Waals surface area contributed by atoms with E-state index in [1.165, 1.54) is 0 Å². The quantitative estimate of drug-likeness (QED) is 0.212. The third-order valence-corrected chi connectivity index (χ3v) is 7.27. The molecule has 0 atom stereocenters. The predicted octanol–water partition coefficient (Wildman–Crippen LogP) is 3.58. The summed E-state index contributed by atoms with van der Waals surface area (Å²) in [6.07, 6.45) is 4.16. The van der Waals surface area contributed by atoms with E-state index >= 15 is 0 Å². The van der Waals surface area contributed by atoms with Crippen LogP contribution in [0.2, 0.25) is 0 Å². The first-order valence-corrected chi connectivity index (χ1v) is 12.0. The first-order valence-electron chi connectivity index (χ1n) is 12.0. The number of rotatable bonds is 8. The van der Waals surface area contributed by atoms with Gasteiger partial charge < -0.3 is 20.0 Å². The van der Waals surface area contributed by atoms with Crippen molar-refractivity contribution in [3.8, 4) is 0 Å². The van der Waals surface area contributed by atoms with Crippen LogP contribution in [0.4, 0.5) is 0 Å². The van der Waals surface area contributed by atoms with Crippen molar-refractivity contribution in [2.45, 2.75) is 79.2 Å². The predicted molar refractivity (Wildman–Crippen MR) is 142 cm³/mol. The summed E-state index contributed by atoms with van der Waals surface area (Å²) < 4.78 is 0. The maximum absolute atomic E-state index is 12.5. The largest absolute Gasteiger partial charge is 0.356 e. The van der Waals surface area contributed by atoms with E-state index in [4.69, 9.17) is 0 Å². The molecule has 2 heterocycles. The Balaban J connectivity index is 0.00000512. The van der Waals surface area contributed by atoms with Crippen molar-refractivity contribution in [2.24, 2.45) is 16.3 Å². The molecule has 0 aliphatic carbocycles. The molecule has 2 aliphatic heterocycles. The summed E-state index contributed by atoms with van der Waals surface area (Å²) in [5.74, 6) is 1.80. The zero-order valence-electron chi connectivity index (χ0n) is 21.4. The summed E-state index contributed by atoms with van der Waals surface area (Å²) >= 11 is 0. The van der Waals surface area contributed by atoms with Crippen LogP contribution in [0, 0.1) is 11.3 Å². The summed E-state index contributed by atoms with van der Waals surface area (Å²) in [5, 5.41) is 3.49. The van der Waals surface area contributed by atoms with Crippen molar-refractivity contribution in [2.75, 3.05) is 46.3 Å². The Morgan fingerprint density at radius 1 is 0.938 bits per heavy atom. The molecule has 186 valence electrons. The topological polar surface area (TPSA) is 68.2 Å². The summed E-state index contributed by atoms with van der Waals surface area (Å²) in [6, 6.07) is 0. The zero-order chi connectivity index (χ0) is 23.2. The smallest absolute Gasteiger partial charge is 0.222 e. The summed E-state index contributed by atoms with van der Waals surface area (Å²) in [5.41, 5.74) is 0.392. The molecule has 0 bridgehead atoms. The molecule has 8 heteroatoms. The van der Waals surface area contributed by atoms with E-state index in [2.05, 4.69) is 56.8 Å². The molecule has 0 spiro atoms. The molecule has 0 aromatic rings. The number of carbonyl (C=O) groups is 2. The van der Waals surface area contributed by atoms with Gasteiger partial charge in [0, 0.05) is 70.1 Å². The van der Waals surface area contributed by atoms with Gasteiger partial charge in [-0.05, 0) is 32.6 Å². The van der Waals surface area contributed by atoms with E-state index < -0.39 is 0 Å². The minimum atomic E-state index is 0. The number of aliphatic imine (C=N–C) groups is 1. The van der Waals surface area contributed by atoms with Crippen LogP contribution in [-0.4, -0.2) is 84.3 Å². The number of unbranched alkanes of at least 4 members (excludes halogenated alkanes) is 2. The summed E-state index contributed by atoms with van der Waals surface area (Å²) in [7, 11) is 1.85. The Morgan fingerprint density at radius 3 is 1.97 bits per heavy atom. The number of halogens is 1. The Kier molecular flexibility index (Phi) is 11.2. The van der Waals surface area contributed by atoms with Gasteiger partial charge in [-0.2, -0.15) is 0 Å². The molecule has 2 fully saturated rings. The van der Waals surface area contributed by atoms with E-state index in [0.717, 1.165) is 38.3 Å². The number of hydrogen-bond acceptors (Lipinski definition) is 3. The molecule has 2 amide bonds. The SMILES string of the molecule is CN=C(NCCCCCC(=O)N1CCN(C(=O)CC(C)C)CC1)N1CC(C)(C)C1(C)C.I.